The lowest BCUT2D eigenvalue weighted by molar-refractivity contribution is 0.150. The Morgan fingerprint density at radius 2 is 1.96 bits per heavy atom. The van der Waals surface area contributed by atoms with Crippen LogP contribution in [0.25, 0.3) is 0 Å². The molecule has 0 unspecified atom stereocenters. The first kappa shape index (κ1) is 18.7. The summed E-state index contributed by atoms with van der Waals surface area (Å²) in [5.74, 6) is 0.0552. The third-order valence-corrected chi connectivity index (χ3v) is 6.19. The molecule has 1 saturated heterocycles. The van der Waals surface area contributed by atoms with Gasteiger partial charge in [-0.05, 0) is 32.8 Å². The first-order chi connectivity index (χ1) is 11.1. The van der Waals surface area contributed by atoms with E-state index in [1.807, 2.05) is 45.0 Å². The van der Waals surface area contributed by atoms with E-state index in [1.54, 1.807) is 0 Å². The molecule has 1 aromatic carbocycles. The molecule has 1 atom stereocenters. The van der Waals surface area contributed by atoms with E-state index in [0.29, 0.717) is 6.42 Å². The highest BCUT2D eigenvalue weighted by atomic mass is 32.2. The molecule has 1 fully saturated rings. The number of hydrogen-bond donors (Lipinski definition) is 2. The minimum absolute atomic E-state index is 0.0363. The van der Waals surface area contributed by atoms with Crippen molar-refractivity contribution in [3.05, 3.63) is 35.4 Å². The van der Waals surface area contributed by atoms with E-state index in [9.17, 15) is 18.3 Å². The van der Waals surface area contributed by atoms with Crippen molar-refractivity contribution in [2.75, 3.05) is 24.7 Å². The van der Waals surface area contributed by atoms with Gasteiger partial charge in [-0.1, -0.05) is 29.8 Å². The van der Waals surface area contributed by atoms with Gasteiger partial charge in [-0.3, -0.25) is 0 Å². The topological polar surface area (TPSA) is 86.7 Å². The Bertz CT molecular complexity index is 683. The molecule has 2 rings (SSSR count). The Morgan fingerprint density at radius 3 is 2.46 bits per heavy atom. The maximum absolute atomic E-state index is 12.7. The first-order valence-electron chi connectivity index (χ1n) is 8.12. The fraction of sp³-hybridized carbons (Fsp3) is 0.588. The number of aryl methyl sites for hydroxylation is 1. The Morgan fingerprint density at radius 1 is 1.33 bits per heavy atom. The standard InChI is InChI=1S/C17H26N2O4S/c1-13-4-6-14(7-5-13)17(2,3)18-16(21)19(9-10-20)15-8-11-24(22,23)12-15/h4-7,15,20H,8-12H2,1-3H3,(H,18,21)/t15-/m0/s1. The normalized spacial score (nSPS) is 19.9. The number of urea groups is 1. The van der Waals surface area contributed by atoms with Gasteiger partial charge in [-0.25, -0.2) is 13.2 Å². The molecule has 6 nitrogen and oxygen atoms in total. The smallest absolute Gasteiger partial charge is 0.318 e. The molecule has 24 heavy (non-hydrogen) atoms. The van der Waals surface area contributed by atoms with Gasteiger partial charge in [0.05, 0.1) is 23.7 Å². The molecule has 0 radical (unpaired) electrons. The number of carbonyl (C=O) groups is 1. The highest BCUT2D eigenvalue weighted by molar-refractivity contribution is 7.91. The lowest BCUT2D eigenvalue weighted by Gasteiger charge is -2.34. The highest BCUT2D eigenvalue weighted by Crippen LogP contribution is 2.23. The monoisotopic (exact) mass is 354 g/mol. The van der Waals surface area contributed by atoms with Gasteiger partial charge < -0.3 is 15.3 Å². The number of sulfone groups is 1. The van der Waals surface area contributed by atoms with Gasteiger partial charge in [0.2, 0.25) is 0 Å². The number of nitrogens with zero attached hydrogens (tertiary/aromatic N) is 1. The van der Waals surface area contributed by atoms with Crippen molar-refractivity contribution in [1.82, 2.24) is 10.2 Å². The van der Waals surface area contributed by atoms with Crippen LogP contribution in [0.3, 0.4) is 0 Å². The average molecular weight is 354 g/mol. The minimum Gasteiger partial charge on any atom is -0.395 e. The molecule has 0 aliphatic carbocycles. The van der Waals surface area contributed by atoms with Crippen LogP contribution >= 0.6 is 0 Å². The molecule has 1 aliphatic rings. The molecule has 0 bridgehead atoms. The number of hydrogen-bond acceptors (Lipinski definition) is 4. The molecular formula is C17H26N2O4S. The molecule has 7 heteroatoms. The second-order valence-corrected chi connectivity index (χ2v) is 9.12. The third-order valence-electron chi connectivity index (χ3n) is 4.44. The van der Waals surface area contributed by atoms with Crippen molar-refractivity contribution in [2.24, 2.45) is 0 Å². The van der Waals surface area contributed by atoms with E-state index in [4.69, 9.17) is 0 Å². The van der Waals surface area contributed by atoms with Gasteiger partial charge in [0.1, 0.15) is 0 Å². The van der Waals surface area contributed by atoms with Crippen molar-refractivity contribution in [1.29, 1.82) is 0 Å². The van der Waals surface area contributed by atoms with E-state index in [0.717, 1.165) is 11.1 Å². The van der Waals surface area contributed by atoms with E-state index in [-0.39, 0.29) is 36.7 Å². The van der Waals surface area contributed by atoms with Crippen molar-refractivity contribution in [3.8, 4) is 0 Å². The van der Waals surface area contributed by atoms with E-state index >= 15 is 0 Å². The fourth-order valence-corrected chi connectivity index (χ4v) is 4.69. The van der Waals surface area contributed by atoms with Crippen LogP contribution in [0.4, 0.5) is 4.79 Å². The van der Waals surface area contributed by atoms with Crippen molar-refractivity contribution >= 4 is 15.9 Å². The van der Waals surface area contributed by atoms with Gasteiger partial charge in [0, 0.05) is 12.6 Å². The lowest BCUT2D eigenvalue weighted by Crippen LogP contribution is -2.53. The summed E-state index contributed by atoms with van der Waals surface area (Å²) in [5, 5.41) is 12.2. The zero-order chi connectivity index (χ0) is 18.0. The molecule has 2 amide bonds. The van der Waals surface area contributed by atoms with Crippen LogP contribution in [0.15, 0.2) is 24.3 Å². The van der Waals surface area contributed by atoms with Crippen LogP contribution in [0.1, 0.15) is 31.4 Å². The Hall–Kier alpha value is -1.60. The molecule has 1 aromatic rings. The van der Waals surface area contributed by atoms with E-state index in [2.05, 4.69) is 5.32 Å². The van der Waals surface area contributed by atoms with Gasteiger partial charge in [-0.15, -0.1) is 0 Å². The quantitative estimate of drug-likeness (QED) is 0.837. The van der Waals surface area contributed by atoms with Gasteiger partial charge in [-0.2, -0.15) is 0 Å². The third kappa shape index (κ3) is 4.48. The molecule has 0 saturated carbocycles. The molecule has 0 aromatic heterocycles. The number of aliphatic hydroxyl groups excluding tert-OH is 1. The zero-order valence-electron chi connectivity index (χ0n) is 14.4. The lowest BCUT2D eigenvalue weighted by atomic mass is 9.93. The van der Waals surface area contributed by atoms with E-state index < -0.39 is 15.4 Å². The number of rotatable bonds is 5. The van der Waals surface area contributed by atoms with Crippen LogP contribution < -0.4 is 5.32 Å². The predicted molar refractivity (Wildman–Crippen MR) is 93.6 cm³/mol. The summed E-state index contributed by atoms with van der Waals surface area (Å²) in [7, 11) is -3.10. The second kappa shape index (κ2) is 7.11. The molecule has 1 heterocycles. The molecule has 2 N–H and O–H groups in total. The van der Waals surface area contributed by atoms with Crippen LogP contribution in [0.2, 0.25) is 0 Å². The number of nitrogens with one attached hydrogen (secondary N) is 1. The molecule has 1 aliphatic heterocycles. The highest BCUT2D eigenvalue weighted by Gasteiger charge is 2.36. The maximum Gasteiger partial charge on any atom is 0.318 e. The number of amides is 2. The van der Waals surface area contributed by atoms with Crippen molar-refractivity contribution < 1.29 is 18.3 Å². The Labute approximate surface area is 143 Å². The fourth-order valence-electron chi connectivity index (χ4n) is 2.96. The summed E-state index contributed by atoms with van der Waals surface area (Å²) < 4.78 is 23.4. The zero-order valence-corrected chi connectivity index (χ0v) is 15.3. The predicted octanol–water partition coefficient (Wildman–Crippen LogP) is 1.42. The minimum atomic E-state index is -3.10. The number of aliphatic hydroxyl groups is 1. The summed E-state index contributed by atoms with van der Waals surface area (Å²) >= 11 is 0. The Kier molecular flexibility index (Phi) is 5.55. The average Bonchev–Trinajstić information content (AvgIpc) is 2.84. The van der Waals surface area contributed by atoms with Crippen molar-refractivity contribution in [3.63, 3.8) is 0 Å². The van der Waals surface area contributed by atoms with Crippen LogP contribution in [-0.2, 0) is 15.4 Å². The summed E-state index contributed by atoms with van der Waals surface area (Å²) in [6.45, 7) is 5.72. The second-order valence-electron chi connectivity index (χ2n) is 6.90. The SMILES string of the molecule is Cc1ccc(C(C)(C)NC(=O)N(CCO)[C@H]2CCS(=O)(=O)C2)cc1. The first-order valence-corrected chi connectivity index (χ1v) is 9.94. The van der Waals surface area contributed by atoms with Crippen molar-refractivity contribution in [2.45, 2.75) is 38.8 Å². The van der Waals surface area contributed by atoms with E-state index in [1.165, 1.54) is 4.90 Å². The number of benzene rings is 1. The van der Waals surface area contributed by atoms with Gasteiger partial charge in [0.15, 0.2) is 9.84 Å². The summed E-state index contributed by atoms with van der Waals surface area (Å²) in [6.07, 6.45) is 0.417. The van der Waals surface area contributed by atoms with Crippen LogP contribution in [0.5, 0.6) is 0 Å². The molecule has 0 spiro atoms. The van der Waals surface area contributed by atoms with Crippen LogP contribution in [0, 0.1) is 6.92 Å². The van der Waals surface area contributed by atoms with Gasteiger partial charge >= 0.3 is 6.03 Å². The summed E-state index contributed by atoms with van der Waals surface area (Å²) in [4.78, 5) is 14.1. The molecule has 134 valence electrons. The maximum atomic E-state index is 12.7. The summed E-state index contributed by atoms with van der Waals surface area (Å²) in [6, 6.07) is 7.17. The largest absolute Gasteiger partial charge is 0.395 e. The Balaban J connectivity index is 2.13. The molecular weight excluding hydrogens is 328 g/mol. The van der Waals surface area contributed by atoms with Gasteiger partial charge in [0.25, 0.3) is 0 Å². The van der Waals surface area contributed by atoms with Crippen LogP contribution in [-0.4, -0.2) is 55.2 Å². The number of carbonyl (C=O) groups excluding carboxylic acids is 1. The summed E-state index contributed by atoms with van der Waals surface area (Å²) in [5.41, 5.74) is 1.50.